The SMILES string of the molecule is COc1ccc(OC)c(NC(=O)COc2ccc(S(=O)(=O)Nc3ccccc3C)cc2)c1. The second kappa shape index (κ2) is 10.1. The molecule has 3 aromatic rings. The molecule has 168 valence electrons. The highest BCUT2D eigenvalue weighted by atomic mass is 32.2. The van der Waals surface area contributed by atoms with Gasteiger partial charge in [-0.1, -0.05) is 18.2 Å². The van der Waals surface area contributed by atoms with Crippen molar-refractivity contribution in [2.24, 2.45) is 0 Å². The molecule has 0 radical (unpaired) electrons. The van der Waals surface area contributed by atoms with Crippen molar-refractivity contribution in [3.05, 3.63) is 72.3 Å². The maximum atomic E-state index is 12.6. The first-order valence-electron chi connectivity index (χ1n) is 9.65. The Morgan fingerprint density at radius 3 is 2.22 bits per heavy atom. The number of methoxy groups -OCH3 is 2. The molecule has 0 fully saturated rings. The number of aryl methyl sites for hydroxylation is 1. The average Bonchev–Trinajstić information content (AvgIpc) is 2.79. The summed E-state index contributed by atoms with van der Waals surface area (Å²) in [6.45, 7) is 1.55. The van der Waals surface area contributed by atoms with Crippen LogP contribution in [0.25, 0.3) is 0 Å². The third-order valence-corrected chi connectivity index (χ3v) is 5.96. The predicted octanol–water partition coefficient (Wildman–Crippen LogP) is 3.83. The Hall–Kier alpha value is -3.72. The Balaban J connectivity index is 1.61. The fraction of sp³-hybridized carbons (Fsp3) is 0.174. The molecule has 2 N–H and O–H groups in total. The maximum absolute atomic E-state index is 12.6. The number of sulfonamides is 1. The smallest absolute Gasteiger partial charge is 0.262 e. The minimum Gasteiger partial charge on any atom is -0.497 e. The second-order valence-electron chi connectivity index (χ2n) is 6.79. The Morgan fingerprint density at radius 1 is 0.875 bits per heavy atom. The second-order valence-corrected chi connectivity index (χ2v) is 8.48. The van der Waals surface area contributed by atoms with Crippen LogP contribution in [0.2, 0.25) is 0 Å². The zero-order chi connectivity index (χ0) is 23.1. The van der Waals surface area contributed by atoms with Crippen molar-refractivity contribution >= 4 is 27.3 Å². The summed E-state index contributed by atoms with van der Waals surface area (Å²) in [6.07, 6.45) is 0. The lowest BCUT2D eigenvalue weighted by molar-refractivity contribution is -0.118. The van der Waals surface area contributed by atoms with E-state index in [0.717, 1.165) is 5.56 Å². The van der Waals surface area contributed by atoms with Gasteiger partial charge in [-0.25, -0.2) is 8.42 Å². The number of hydrogen-bond acceptors (Lipinski definition) is 6. The summed E-state index contributed by atoms with van der Waals surface area (Å²) in [4.78, 5) is 12.4. The summed E-state index contributed by atoms with van der Waals surface area (Å²) in [5, 5.41) is 2.70. The minimum atomic E-state index is -3.75. The molecule has 0 saturated carbocycles. The number of carbonyl (C=O) groups excluding carboxylic acids is 1. The van der Waals surface area contributed by atoms with E-state index in [2.05, 4.69) is 10.0 Å². The van der Waals surface area contributed by atoms with Gasteiger partial charge in [-0.3, -0.25) is 9.52 Å². The fourth-order valence-corrected chi connectivity index (χ4v) is 3.98. The van der Waals surface area contributed by atoms with Crippen molar-refractivity contribution < 1.29 is 27.4 Å². The van der Waals surface area contributed by atoms with Gasteiger partial charge in [0.05, 0.1) is 30.5 Å². The first-order valence-corrected chi connectivity index (χ1v) is 11.1. The molecule has 0 heterocycles. The Labute approximate surface area is 187 Å². The number of anilines is 2. The van der Waals surface area contributed by atoms with Crippen molar-refractivity contribution in [2.45, 2.75) is 11.8 Å². The van der Waals surface area contributed by atoms with E-state index in [1.165, 1.54) is 38.5 Å². The van der Waals surface area contributed by atoms with E-state index in [4.69, 9.17) is 14.2 Å². The van der Waals surface area contributed by atoms with Crippen LogP contribution >= 0.6 is 0 Å². The number of hydrogen-bond donors (Lipinski definition) is 2. The van der Waals surface area contributed by atoms with E-state index in [1.54, 1.807) is 30.3 Å². The molecule has 32 heavy (non-hydrogen) atoms. The molecule has 3 rings (SSSR count). The molecule has 0 aliphatic heterocycles. The van der Waals surface area contributed by atoms with E-state index in [0.29, 0.717) is 28.6 Å². The number of benzene rings is 3. The largest absolute Gasteiger partial charge is 0.497 e. The van der Waals surface area contributed by atoms with Crippen LogP contribution in [0.4, 0.5) is 11.4 Å². The molecule has 0 aliphatic rings. The molecule has 0 aromatic heterocycles. The Bertz CT molecular complexity index is 1190. The summed E-state index contributed by atoms with van der Waals surface area (Å²) in [6, 6.07) is 18.0. The average molecular weight is 457 g/mol. The van der Waals surface area contributed by atoms with Gasteiger partial charge in [0.2, 0.25) is 0 Å². The monoisotopic (exact) mass is 456 g/mol. The zero-order valence-electron chi connectivity index (χ0n) is 17.9. The molecule has 0 spiro atoms. The molecule has 9 heteroatoms. The van der Waals surface area contributed by atoms with Crippen molar-refractivity contribution in [3.63, 3.8) is 0 Å². The molecule has 0 aliphatic carbocycles. The van der Waals surface area contributed by atoms with Crippen LogP contribution in [0.3, 0.4) is 0 Å². The lowest BCUT2D eigenvalue weighted by Crippen LogP contribution is -2.20. The van der Waals surface area contributed by atoms with E-state index >= 15 is 0 Å². The molecule has 8 nitrogen and oxygen atoms in total. The molecule has 3 aromatic carbocycles. The topological polar surface area (TPSA) is 103 Å². The van der Waals surface area contributed by atoms with Crippen molar-refractivity contribution in [2.75, 3.05) is 30.9 Å². The summed E-state index contributed by atoms with van der Waals surface area (Å²) >= 11 is 0. The summed E-state index contributed by atoms with van der Waals surface area (Å²) < 4.78 is 43.6. The quantitative estimate of drug-likeness (QED) is 0.507. The molecule has 0 saturated heterocycles. The number of rotatable bonds is 9. The molecule has 0 bridgehead atoms. The third kappa shape index (κ3) is 5.70. The van der Waals surface area contributed by atoms with E-state index in [-0.39, 0.29) is 11.5 Å². The van der Waals surface area contributed by atoms with Crippen molar-refractivity contribution in [1.29, 1.82) is 0 Å². The zero-order valence-corrected chi connectivity index (χ0v) is 18.7. The first kappa shape index (κ1) is 23.0. The van der Waals surface area contributed by atoms with E-state index in [1.807, 2.05) is 19.1 Å². The van der Waals surface area contributed by atoms with Gasteiger partial charge >= 0.3 is 0 Å². The van der Waals surface area contributed by atoms with Gasteiger partial charge in [0.15, 0.2) is 6.61 Å². The van der Waals surface area contributed by atoms with Crippen LogP contribution in [-0.2, 0) is 14.8 Å². The van der Waals surface area contributed by atoms with Crippen LogP contribution in [0.5, 0.6) is 17.2 Å². The van der Waals surface area contributed by atoms with Gasteiger partial charge < -0.3 is 19.5 Å². The van der Waals surface area contributed by atoms with Crippen LogP contribution in [0.15, 0.2) is 71.6 Å². The van der Waals surface area contributed by atoms with Gasteiger partial charge in [0, 0.05) is 6.07 Å². The molecule has 0 unspecified atom stereocenters. The number of ether oxygens (including phenoxy) is 3. The third-order valence-electron chi connectivity index (χ3n) is 4.57. The number of nitrogens with one attached hydrogen (secondary N) is 2. The summed E-state index contributed by atoms with van der Waals surface area (Å²) in [7, 11) is -0.727. The Morgan fingerprint density at radius 2 is 1.56 bits per heavy atom. The highest BCUT2D eigenvalue weighted by molar-refractivity contribution is 7.92. The van der Waals surface area contributed by atoms with Crippen LogP contribution in [-0.4, -0.2) is 35.2 Å². The standard InChI is InChI=1S/C23H24N2O6S/c1-16-6-4-5-7-20(16)25-32(27,28)19-11-8-17(9-12-19)31-15-23(26)24-21-14-18(29-2)10-13-22(21)30-3/h4-14,25H,15H2,1-3H3,(H,24,26). The normalized spacial score (nSPS) is 10.8. The number of carbonyl (C=O) groups is 1. The fourth-order valence-electron chi connectivity index (χ4n) is 2.85. The van der Waals surface area contributed by atoms with Gasteiger partial charge in [-0.15, -0.1) is 0 Å². The highest BCUT2D eigenvalue weighted by Crippen LogP contribution is 2.29. The lowest BCUT2D eigenvalue weighted by atomic mass is 10.2. The summed E-state index contributed by atoms with van der Waals surface area (Å²) in [5.41, 5.74) is 1.77. The number of amides is 1. The predicted molar refractivity (Wildman–Crippen MR) is 122 cm³/mol. The van der Waals surface area contributed by atoms with Crippen LogP contribution < -0.4 is 24.2 Å². The number of para-hydroxylation sites is 1. The Kier molecular flexibility index (Phi) is 7.21. The van der Waals surface area contributed by atoms with E-state index in [9.17, 15) is 13.2 Å². The lowest BCUT2D eigenvalue weighted by Gasteiger charge is -2.13. The highest BCUT2D eigenvalue weighted by Gasteiger charge is 2.15. The van der Waals surface area contributed by atoms with Gasteiger partial charge in [-0.05, 0) is 55.0 Å². The van der Waals surface area contributed by atoms with E-state index < -0.39 is 15.9 Å². The molecular formula is C23H24N2O6S. The van der Waals surface area contributed by atoms with Crippen molar-refractivity contribution in [1.82, 2.24) is 0 Å². The molecular weight excluding hydrogens is 432 g/mol. The summed E-state index contributed by atoms with van der Waals surface area (Å²) in [5.74, 6) is 0.995. The first-order chi connectivity index (χ1) is 15.3. The minimum absolute atomic E-state index is 0.0821. The van der Waals surface area contributed by atoms with Crippen LogP contribution in [0.1, 0.15) is 5.56 Å². The molecule has 1 amide bonds. The van der Waals surface area contributed by atoms with Gasteiger partial charge in [0.25, 0.3) is 15.9 Å². The van der Waals surface area contributed by atoms with Crippen LogP contribution in [0, 0.1) is 6.92 Å². The van der Waals surface area contributed by atoms with Crippen molar-refractivity contribution in [3.8, 4) is 17.2 Å². The van der Waals surface area contributed by atoms with Gasteiger partial charge in [0.1, 0.15) is 17.2 Å². The van der Waals surface area contributed by atoms with Gasteiger partial charge in [-0.2, -0.15) is 0 Å². The maximum Gasteiger partial charge on any atom is 0.262 e. The molecule has 0 atom stereocenters.